The van der Waals surface area contributed by atoms with Gasteiger partial charge in [0.25, 0.3) is 0 Å². The Morgan fingerprint density at radius 2 is 1.62 bits per heavy atom. The van der Waals surface area contributed by atoms with Crippen LogP contribution in [0, 0.1) is 9.34 Å². The molecule has 0 atom stereocenters. The molecule has 0 saturated carbocycles. The second-order valence-corrected chi connectivity index (χ2v) is 6.54. The predicted octanol–water partition coefficient (Wildman–Crippen LogP) is 4.12. The molecule has 0 amide bonds. The number of nitrogens with zero attached hydrogens (tertiary/aromatic N) is 1. The molecule has 103 valence electrons. The number of rotatable bonds is 3. The standard InChI is InChI=1S/C16H12INO2.Y/c18-10-17-16(19)20-9-15-13-7-3-1-5-11(13)12-6-2-4-8-14(12)15;/h1-8,15,17H,9H2;. The zero-order valence-corrected chi connectivity index (χ0v) is 16.3. The van der Waals surface area contributed by atoms with E-state index in [1.807, 2.05) is 28.3 Å². The van der Waals surface area contributed by atoms with Crippen LogP contribution in [-0.4, -0.2) is 10.6 Å². The Labute approximate surface area is 158 Å². The molecule has 2 aromatic carbocycles. The van der Waals surface area contributed by atoms with E-state index in [-0.39, 0.29) is 42.6 Å². The molecule has 2 aromatic rings. The van der Waals surface area contributed by atoms with Gasteiger partial charge in [0.05, 0.1) is 0 Å². The van der Waals surface area contributed by atoms with Crippen molar-refractivity contribution in [1.82, 2.24) is 0 Å². The molecule has 0 heterocycles. The number of ether oxygens (including phenoxy) is 1. The van der Waals surface area contributed by atoms with E-state index in [4.69, 9.17) is 10.00 Å². The maximum atomic E-state index is 11.4. The minimum absolute atomic E-state index is 0. The normalized spacial score (nSPS) is 12.0. The van der Waals surface area contributed by atoms with Gasteiger partial charge < -0.3 is 0 Å². The van der Waals surface area contributed by atoms with E-state index >= 15 is 0 Å². The minimum Gasteiger partial charge on any atom is 0 e. The van der Waals surface area contributed by atoms with E-state index in [1.54, 1.807) is 0 Å². The second-order valence-electron chi connectivity index (χ2n) is 4.48. The molecule has 0 aliphatic heterocycles. The number of carbonyl (C=O) groups excluding carboxylic acids is 1. The number of benzene rings is 2. The molecule has 3 nitrogen and oxygen atoms in total. The van der Waals surface area contributed by atoms with Gasteiger partial charge in [-0.25, -0.2) is 0 Å². The molecular weight excluding hydrogens is 454 g/mol. The van der Waals surface area contributed by atoms with Crippen LogP contribution < -0.4 is 0 Å². The summed E-state index contributed by atoms with van der Waals surface area (Å²) in [5.41, 5.74) is 4.81. The van der Waals surface area contributed by atoms with Crippen LogP contribution in [0.25, 0.3) is 11.1 Å². The van der Waals surface area contributed by atoms with Gasteiger partial charge in [-0.2, -0.15) is 0 Å². The first-order valence-electron chi connectivity index (χ1n) is 6.22. The number of nitriles is 1. The number of carbonyl (C=O) groups is 1. The smallest absolute Gasteiger partial charge is 0 e. The molecule has 21 heavy (non-hydrogen) atoms. The van der Waals surface area contributed by atoms with Gasteiger partial charge in [-0.15, -0.1) is 0 Å². The second kappa shape index (κ2) is 7.48. The summed E-state index contributed by atoms with van der Waals surface area (Å²) in [6.07, 6.45) is 0. The largest absolute Gasteiger partial charge is 0 e. The maximum absolute atomic E-state index is 11.4. The van der Waals surface area contributed by atoms with Gasteiger partial charge in [-0.05, 0) is 0 Å². The molecule has 3 rings (SSSR count). The van der Waals surface area contributed by atoms with Crippen molar-refractivity contribution in [3.63, 3.8) is 0 Å². The van der Waals surface area contributed by atoms with Crippen LogP contribution in [0.1, 0.15) is 17.0 Å². The van der Waals surface area contributed by atoms with Gasteiger partial charge in [-0.1, -0.05) is 0 Å². The first-order chi connectivity index (χ1) is 9.81. The third-order valence-electron chi connectivity index (χ3n) is 3.46. The third kappa shape index (κ3) is 3.36. The van der Waals surface area contributed by atoms with E-state index in [0.29, 0.717) is 6.61 Å². The van der Waals surface area contributed by atoms with Crippen molar-refractivity contribution in [3.8, 4) is 15.2 Å². The molecule has 0 fully saturated rings. The summed E-state index contributed by atoms with van der Waals surface area (Å²) >= 11 is -1.32. The fourth-order valence-electron chi connectivity index (χ4n) is 2.66. The summed E-state index contributed by atoms with van der Waals surface area (Å²) in [4.78, 5) is 11.4. The van der Waals surface area contributed by atoms with E-state index in [0.717, 1.165) is 0 Å². The van der Waals surface area contributed by atoms with Crippen molar-refractivity contribution in [2.75, 3.05) is 6.61 Å². The maximum Gasteiger partial charge on any atom is 0 e. The van der Waals surface area contributed by atoms with Crippen LogP contribution in [0.5, 0.6) is 0 Å². The summed E-state index contributed by atoms with van der Waals surface area (Å²) in [6, 6.07) is 16.4. The molecule has 1 aliphatic carbocycles. The van der Waals surface area contributed by atoms with Crippen molar-refractivity contribution in [2.45, 2.75) is 5.92 Å². The zero-order valence-electron chi connectivity index (χ0n) is 11.2. The molecule has 0 bridgehead atoms. The van der Waals surface area contributed by atoms with Crippen molar-refractivity contribution in [2.24, 2.45) is 0 Å². The first kappa shape index (κ1) is 16.6. The number of hydrogen-bond donors (Lipinski definition) is 0. The number of fused-ring (bicyclic) bond motifs is 3. The van der Waals surface area contributed by atoms with Gasteiger partial charge >= 0.3 is 127 Å². The van der Waals surface area contributed by atoms with Gasteiger partial charge in [0.2, 0.25) is 0 Å². The molecule has 1 aliphatic rings. The van der Waals surface area contributed by atoms with Gasteiger partial charge in [-0.3, -0.25) is 0 Å². The van der Waals surface area contributed by atoms with Crippen LogP contribution in [-0.2, 0) is 37.4 Å². The van der Waals surface area contributed by atoms with E-state index in [2.05, 4.69) is 24.3 Å². The Hall–Kier alpha value is -0.766. The SMILES string of the molecule is N#C[IH]C(=O)OCC1c2ccccc2-c2ccccc21.[Y]. The van der Waals surface area contributed by atoms with Crippen LogP contribution in [0.2, 0.25) is 0 Å². The van der Waals surface area contributed by atoms with Gasteiger partial charge in [0.1, 0.15) is 0 Å². The molecule has 0 saturated heterocycles. The zero-order chi connectivity index (χ0) is 13.9. The quantitative estimate of drug-likeness (QED) is 0.506. The topological polar surface area (TPSA) is 50.1 Å². The van der Waals surface area contributed by atoms with E-state index in [1.165, 1.54) is 22.3 Å². The summed E-state index contributed by atoms with van der Waals surface area (Å²) in [6.45, 7) is 0.319. The Bertz CT molecular complexity index is 666. The third-order valence-corrected chi connectivity index (χ3v) is 4.53. The van der Waals surface area contributed by atoms with E-state index in [9.17, 15) is 4.79 Å². The molecule has 5 heteroatoms. The average molecular weight is 466 g/mol. The molecule has 0 unspecified atom stereocenters. The summed E-state index contributed by atoms with van der Waals surface area (Å²) in [7, 11) is 0. The van der Waals surface area contributed by atoms with Crippen LogP contribution in [0.4, 0.5) is 4.79 Å². The predicted molar refractivity (Wildman–Crippen MR) is 86.1 cm³/mol. The van der Waals surface area contributed by atoms with Crippen LogP contribution in [0.3, 0.4) is 0 Å². The Kier molecular flexibility index (Phi) is 5.92. The van der Waals surface area contributed by atoms with Crippen LogP contribution >= 0.6 is 21.2 Å². The minimum atomic E-state index is -1.32. The summed E-state index contributed by atoms with van der Waals surface area (Å²) in [5.74, 6) is 0.0810. The number of halogens is 1. The van der Waals surface area contributed by atoms with Crippen molar-refractivity contribution < 1.29 is 42.2 Å². The Balaban J connectivity index is 0.00000161. The Morgan fingerprint density at radius 1 is 1.10 bits per heavy atom. The average Bonchev–Trinajstić information content (AvgIpc) is 2.80. The van der Waals surface area contributed by atoms with Crippen molar-refractivity contribution in [3.05, 3.63) is 59.7 Å². The fourth-order valence-corrected chi connectivity index (χ4v) is 3.23. The molecule has 0 N–H and O–H groups in total. The Morgan fingerprint density at radius 3 is 2.14 bits per heavy atom. The van der Waals surface area contributed by atoms with Crippen molar-refractivity contribution in [1.29, 1.82) is 5.26 Å². The molecule has 0 aromatic heterocycles. The molecule has 1 radical (unpaired) electrons. The van der Waals surface area contributed by atoms with Gasteiger partial charge in [0.15, 0.2) is 0 Å². The van der Waals surface area contributed by atoms with E-state index < -0.39 is 21.2 Å². The van der Waals surface area contributed by atoms with Crippen LogP contribution in [0.15, 0.2) is 48.5 Å². The van der Waals surface area contributed by atoms with Gasteiger partial charge in [0, 0.05) is 32.7 Å². The molecule has 0 spiro atoms. The van der Waals surface area contributed by atoms with Crippen molar-refractivity contribution >= 4 is 25.2 Å². The summed E-state index contributed by atoms with van der Waals surface area (Å²) < 4.78 is 6.88. The monoisotopic (exact) mass is 466 g/mol. The number of hydrogen-bond acceptors (Lipinski definition) is 3. The first-order valence-corrected chi connectivity index (χ1v) is 8.55. The summed E-state index contributed by atoms with van der Waals surface area (Å²) in [5, 5.41) is 8.55. The molecular formula is C16H12INO2Y. The fraction of sp³-hybridized carbons (Fsp3) is 0.125.